The van der Waals surface area contributed by atoms with Gasteiger partial charge in [0, 0.05) is 95.1 Å². The molecule has 7 fully saturated rings. The first-order valence-corrected chi connectivity index (χ1v) is 31.2. The van der Waals surface area contributed by atoms with Crippen LogP contribution in [-0.2, 0) is 14.3 Å². The minimum atomic E-state index is -0.793. The molecule has 18 nitrogen and oxygen atoms in total. The summed E-state index contributed by atoms with van der Waals surface area (Å²) >= 11 is 1.61. The number of likely N-dealkylation sites (tertiary alicyclic amines) is 3. The average molecular weight is 1130 g/mol. The number of β-amino-alcohol motifs (C(OH)–C–C–N with tert-alkyl or cyclic N) is 1. The second kappa shape index (κ2) is 24.3. The Hall–Kier alpha value is -5.70. The number of aliphatic hydroxyl groups is 1. The van der Waals surface area contributed by atoms with E-state index in [2.05, 4.69) is 62.3 Å². The normalized spacial score (nSPS) is 26.3. The number of phenols is 1. The van der Waals surface area contributed by atoms with E-state index in [1.165, 1.54) is 58.2 Å². The van der Waals surface area contributed by atoms with Gasteiger partial charge in [-0.25, -0.2) is 4.98 Å². The van der Waals surface area contributed by atoms with Gasteiger partial charge in [-0.05, 0) is 138 Å². The molecule has 12 rings (SSSR count). The zero-order valence-electron chi connectivity index (χ0n) is 47.8. The molecule has 434 valence electrons. The van der Waals surface area contributed by atoms with Crippen molar-refractivity contribution in [3.05, 3.63) is 83.2 Å². The van der Waals surface area contributed by atoms with Gasteiger partial charge in [-0.1, -0.05) is 55.4 Å². The Kier molecular flexibility index (Phi) is 16.7. The summed E-state index contributed by atoms with van der Waals surface area (Å²) in [5, 5.41) is 37.5. The number of nitrogens with two attached hydrogens (primary N) is 1. The molecule has 1 unspecified atom stereocenters. The zero-order chi connectivity index (χ0) is 55.9. The van der Waals surface area contributed by atoms with Crippen LogP contribution in [0.1, 0.15) is 120 Å². The number of ether oxygens (including phenoxy) is 1. The van der Waals surface area contributed by atoms with Crippen molar-refractivity contribution in [3.8, 4) is 27.4 Å². The van der Waals surface area contributed by atoms with Crippen molar-refractivity contribution in [2.24, 2.45) is 17.8 Å². The van der Waals surface area contributed by atoms with Crippen LogP contribution in [-0.4, -0.2) is 176 Å². The third-order valence-electron chi connectivity index (χ3n) is 19.4. The Morgan fingerprint density at radius 2 is 1.51 bits per heavy atom. The summed E-state index contributed by atoms with van der Waals surface area (Å²) in [6, 6.07) is 20.0. The number of carbonyl (C=O) groups is 2. The van der Waals surface area contributed by atoms with E-state index in [4.69, 9.17) is 15.0 Å². The molecule has 6 aliphatic heterocycles. The number of nitrogens with zero attached hydrogens (tertiary/aromatic N) is 10. The number of thiazole rings is 1. The first kappa shape index (κ1) is 55.8. The van der Waals surface area contributed by atoms with E-state index in [9.17, 15) is 19.8 Å². The number of aliphatic hydroxyl groups excluding tert-OH is 1. The molecule has 5 N–H and O–H groups in total. The lowest BCUT2D eigenvalue weighted by molar-refractivity contribution is -0.141. The molecule has 2 aromatic carbocycles. The number of phenolic OH excluding ortho intramolecular Hbond substituents is 1. The van der Waals surface area contributed by atoms with Crippen molar-refractivity contribution >= 4 is 40.5 Å². The van der Waals surface area contributed by atoms with E-state index >= 15 is 0 Å². The molecule has 9 heterocycles. The number of rotatable bonds is 17. The maximum atomic E-state index is 14.4. The van der Waals surface area contributed by atoms with Gasteiger partial charge in [0.1, 0.15) is 17.7 Å². The first-order valence-electron chi connectivity index (χ1n) is 30.3. The molecule has 1 saturated carbocycles. The number of nitrogens with one attached hydrogen (secondary N) is 1. The maximum Gasteiger partial charge on any atom is 0.243 e. The van der Waals surface area contributed by atoms with Crippen molar-refractivity contribution in [2.45, 2.75) is 153 Å². The predicted molar refractivity (Wildman–Crippen MR) is 315 cm³/mol. The van der Waals surface area contributed by atoms with Crippen LogP contribution < -0.4 is 20.9 Å². The van der Waals surface area contributed by atoms with Crippen LogP contribution in [0.4, 0.5) is 17.3 Å². The number of nitrogen functional groups attached to an aromatic ring is 1. The lowest BCUT2D eigenvalue weighted by atomic mass is 9.84. The van der Waals surface area contributed by atoms with Gasteiger partial charge in [0.25, 0.3) is 0 Å². The number of aromatic hydroxyl groups is 1. The van der Waals surface area contributed by atoms with Crippen LogP contribution in [0.2, 0.25) is 0 Å². The third kappa shape index (κ3) is 12.2. The average Bonchev–Trinajstić information content (AvgIpc) is 4.33. The fourth-order valence-corrected chi connectivity index (χ4v) is 15.4. The number of benzene rings is 2. The third-order valence-corrected chi connectivity index (χ3v) is 20.4. The van der Waals surface area contributed by atoms with Crippen LogP contribution in [0.3, 0.4) is 0 Å². The Bertz CT molecular complexity index is 2930. The monoisotopic (exact) mass is 1120 g/mol. The second-order valence-corrected chi connectivity index (χ2v) is 26.0. The summed E-state index contributed by atoms with van der Waals surface area (Å²) in [5.74, 6) is 2.01. The van der Waals surface area contributed by atoms with Crippen molar-refractivity contribution in [2.75, 3.05) is 87.5 Å². The number of anilines is 3. The van der Waals surface area contributed by atoms with Crippen LogP contribution in [0, 0.1) is 24.7 Å². The molecule has 5 aromatic rings. The van der Waals surface area contributed by atoms with E-state index in [-0.39, 0.29) is 42.5 Å². The highest BCUT2D eigenvalue weighted by atomic mass is 32.1. The molecule has 2 bridgehead atoms. The van der Waals surface area contributed by atoms with E-state index in [1.807, 2.05) is 75.7 Å². The van der Waals surface area contributed by atoms with Crippen molar-refractivity contribution in [1.82, 2.24) is 45.3 Å². The van der Waals surface area contributed by atoms with Gasteiger partial charge >= 0.3 is 0 Å². The SMILES string of the molecule is Cc1ncsc1-c1ccc([C@H](C)NC(=O)[C@@H]2C[C@@H](O)CN2C(=O)[C@@H](c2cc(N3CCC(CN4CCC(OC5CC(N6CCC(CN7C8CC[C@@H]7CN(c7cc(-c9ccccc9O)nnc7N)C8)CC6)C5)CC4)CC3)no2)C(C)C)cc1. The molecule has 6 saturated heterocycles. The van der Waals surface area contributed by atoms with Crippen LogP contribution in [0.25, 0.3) is 21.7 Å². The van der Waals surface area contributed by atoms with Gasteiger partial charge in [0.2, 0.25) is 11.8 Å². The van der Waals surface area contributed by atoms with Gasteiger partial charge in [-0.15, -0.1) is 21.5 Å². The Labute approximate surface area is 481 Å². The minimum absolute atomic E-state index is 0.0950. The highest BCUT2D eigenvalue weighted by Gasteiger charge is 2.45. The summed E-state index contributed by atoms with van der Waals surface area (Å²) in [5.41, 5.74) is 13.5. The largest absolute Gasteiger partial charge is 0.507 e. The molecule has 1 aliphatic carbocycles. The molecule has 81 heavy (non-hydrogen) atoms. The smallest absolute Gasteiger partial charge is 0.243 e. The predicted octanol–water partition coefficient (Wildman–Crippen LogP) is 7.72. The maximum absolute atomic E-state index is 14.4. The fraction of sp³-hybridized carbons (Fsp3) is 0.613. The van der Waals surface area contributed by atoms with E-state index in [0.29, 0.717) is 59.1 Å². The van der Waals surface area contributed by atoms with E-state index in [0.717, 1.165) is 111 Å². The molecule has 2 amide bonds. The number of fused-ring (bicyclic) bond motifs is 2. The van der Waals surface area contributed by atoms with Gasteiger partial charge < -0.3 is 55.0 Å². The van der Waals surface area contributed by atoms with Gasteiger partial charge in [-0.2, -0.15) is 0 Å². The molecule has 6 atom stereocenters. The van der Waals surface area contributed by atoms with Gasteiger partial charge in [0.05, 0.1) is 51.8 Å². The second-order valence-electron chi connectivity index (χ2n) is 25.1. The van der Waals surface area contributed by atoms with Crippen LogP contribution in [0.15, 0.2) is 70.7 Å². The lowest BCUT2D eigenvalue weighted by Gasteiger charge is -2.48. The van der Waals surface area contributed by atoms with Gasteiger partial charge in [0.15, 0.2) is 17.4 Å². The van der Waals surface area contributed by atoms with E-state index in [1.54, 1.807) is 22.3 Å². The van der Waals surface area contributed by atoms with Crippen LogP contribution >= 0.6 is 11.3 Å². The molecule has 0 spiro atoms. The molecular weight excluding hydrogens is 1040 g/mol. The minimum Gasteiger partial charge on any atom is -0.507 e. The lowest BCUT2D eigenvalue weighted by Crippen LogP contribution is -2.56. The van der Waals surface area contributed by atoms with Crippen molar-refractivity contribution in [3.63, 3.8) is 0 Å². The number of carbonyl (C=O) groups excluding carboxylic acids is 2. The van der Waals surface area contributed by atoms with E-state index < -0.39 is 18.1 Å². The molecule has 7 aliphatic rings. The highest BCUT2D eigenvalue weighted by Crippen LogP contribution is 2.40. The summed E-state index contributed by atoms with van der Waals surface area (Å²) in [6.45, 7) is 18.6. The number of piperazine rings is 1. The molecular formula is C62H84N12O6S. The fourth-order valence-electron chi connectivity index (χ4n) is 14.6. The topological polar surface area (TPSA) is 206 Å². The Morgan fingerprint density at radius 1 is 0.802 bits per heavy atom. The number of hydrogen-bond donors (Lipinski definition) is 4. The first-order chi connectivity index (χ1) is 39.3. The molecule has 19 heteroatoms. The number of aryl methyl sites for hydroxylation is 1. The van der Waals surface area contributed by atoms with Crippen molar-refractivity contribution < 1.29 is 29.1 Å². The quantitative estimate of drug-likeness (QED) is 0.0703. The number of amides is 2. The number of hydrogen-bond acceptors (Lipinski definition) is 17. The summed E-state index contributed by atoms with van der Waals surface area (Å²) in [6.07, 6.45) is 11.8. The summed E-state index contributed by atoms with van der Waals surface area (Å²) in [7, 11) is 0. The van der Waals surface area contributed by atoms with Crippen molar-refractivity contribution in [1.29, 1.82) is 0 Å². The molecule has 3 aromatic heterocycles. The highest BCUT2D eigenvalue weighted by molar-refractivity contribution is 7.13. The number of para-hydroxylation sites is 1. The Morgan fingerprint density at radius 3 is 2.20 bits per heavy atom. The standard InChI is InChI=1S/C62H84N12O6S/c1-38(2)58(62(78)74-36-48(75)29-54(74)61(77)65-39(3)43-9-11-44(12-10-43)59-40(4)64-37-81-59)56-31-57(68-80-56)71-25-17-41(18-26-71)32-69-21-19-49(20-22-69)79-50-27-47(28-50)70-23-15-42(16-24-70)33-73-45-13-14-46(73)35-72(34-45)53-30-52(66-67-60(53)63)51-7-5-6-8-55(51)76/h5-12,30-31,37-39,41-42,45-50,54,58,75-76H,13-29,32-36H2,1-4H3,(H2,63,67)(H,65,77)/t39-,45+,46?,47?,48+,50?,54-,58+/m0/s1. The Balaban J connectivity index is 0.541. The zero-order valence-corrected chi connectivity index (χ0v) is 48.6. The summed E-state index contributed by atoms with van der Waals surface area (Å²) in [4.78, 5) is 48.2. The number of aromatic nitrogens is 4. The molecule has 0 radical (unpaired) electrons. The summed E-state index contributed by atoms with van der Waals surface area (Å²) < 4.78 is 12.7. The van der Waals surface area contributed by atoms with Crippen LogP contribution in [0.5, 0.6) is 5.75 Å². The number of piperidine rings is 3. The van der Waals surface area contributed by atoms with Gasteiger partial charge in [-0.3, -0.25) is 14.5 Å².